The van der Waals surface area contributed by atoms with Crippen LogP contribution >= 0.6 is 35.6 Å². The maximum absolute atomic E-state index is 13.0. The molecule has 1 aromatic heterocycles. The molecule has 1 aliphatic heterocycles. The number of carbonyl (C=O) groups excluding carboxylic acids is 1. The Bertz CT molecular complexity index is 1210. The van der Waals surface area contributed by atoms with Crippen molar-refractivity contribution in [2.75, 3.05) is 13.7 Å². The van der Waals surface area contributed by atoms with Gasteiger partial charge in [-0.25, -0.2) is 4.68 Å². The first-order chi connectivity index (χ1) is 15.4. The lowest BCUT2D eigenvalue weighted by molar-refractivity contribution is -0.122. The first-order valence-corrected chi connectivity index (χ1v) is 11.7. The molecule has 1 aliphatic rings. The minimum atomic E-state index is -0.0696. The van der Waals surface area contributed by atoms with Gasteiger partial charge in [0.2, 0.25) is 0 Å². The fraction of sp³-hybridized carbons (Fsp3) is 0.208. The number of aromatic nitrogens is 2. The van der Waals surface area contributed by atoms with E-state index >= 15 is 0 Å². The summed E-state index contributed by atoms with van der Waals surface area (Å²) in [7, 11) is 1.58. The summed E-state index contributed by atoms with van der Waals surface area (Å²) in [4.78, 5) is 15.3. The van der Waals surface area contributed by atoms with Crippen LogP contribution in [0.4, 0.5) is 0 Å². The summed E-state index contributed by atoms with van der Waals surface area (Å²) in [5.41, 5.74) is 3.27. The topological polar surface area (TPSA) is 47.4 Å². The van der Waals surface area contributed by atoms with E-state index in [0.717, 1.165) is 16.8 Å². The quantitative estimate of drug-likeness (QED) is 0.315. The van der Waals surface area contributed by atoms with E-state index in [4.69, 9.17) is 33.7 Å². The van der Waals surface area contributed by atoms with E-state index in [2.05, 4.69) is 13.8 Å². The number of thiocarbonyl (C=S) groups is 1. The molecule has 5 nitrogen and oxygen atoms in total. The smallest absolute Gasteiger partial charge is 0.266 e. The fourth-order valence-electron chi connectivity index (χ4n) is 3.41. The van der Waals surface area contributed by atoms with Crippen LogP contribution in [0.2, 0.25) is 5.02 Å². The molecule has 8 heteroatoms. The molecule has 1 fully saturated rings. The Kier molecular flexibility index (Phi) is 6.69. The van der Waals surface area contributed by atoms with Crippen molar-refractivity contribution in [1.29, 1.82) is 0 Å². The van der Waals surface area contributed by atoms with Gasteiger partial charge in [0.15, 0.2) is 0 Å². The second-order valence-electron chi connectivity index (χ2n) is 7.75. The van der Waals surface area contributed by atoms with Crippen molar-refractivity contribution in [3.05, 3.63) is 70.2 Å². The molecule has 0 saturated carbocycles. The van der Waals surface area contributed by atoms with Crippen molar-refractivity contribution in [1.82, 2.24) is 14.7 Å². The second kappa shape index (κ2) is 9.48. The Morgan fingerprint density at radius 1 is 1.22 bits per heavy atom. The molecule has 0 unspecified atom stereocenters. The highest BCUT2D eigenvalue weighted by molar-refractivity contribution is 8.26. The largest absolute Gasteiger partial charge is 0.495 e. The molecule has 0 spiro atoms. The summed E-state index contributed by atoms with van der Waals surface area (Å²) >= 11 is 13.2. The summed E-state index contributed by atoms with van der Waals surface area (Å²) in [5, 5.41) is 5.30. The molecule has 32 heavy (non-hydrogen) atoms. The van der Waals surface area contributed by atoms with Crippen molar-refractivity contribution < 1.29 is 9.53 Å². The average Bonchev–Trinajstić information content (AvgIpc) is 3.31. The standard InChI is InChI=1S/C24H22ClN3O2S2/c1-15(2)13-27-23(29)21(32-24(27)31)12-17-14-28(18-7-5-4-6-8-18)26-22(17)16-9-10-20(30-3)19(25)11-16/h4-12,14-15H,13H2,1-3H3. The summed E-state index contributed by atoms with van der Waals surface area (Å²) in [5.74, 6) is 0.851. The first kappa shape index (κ1) is 22.6. The van der Waals surface area contributed by atoms with Crippen LogP contribution in [0.25, 0.3) is 23.0 Å². The molecular formula is C24H22ClN3O2S2. The van der Waals surface area contributed by atoms with Crippen molar-refractivity contribution in [3.8, 4) is 22.7 Å². The van der Waals surface area contributed by atoms with Gasteiger partial charge < -0.3 is 4.74 Å². The van der Waals surface area contributed by atoms with E-state index in [1.807, 2.05) is 60.8 Å². The molecule has 4 rings (SSSR count). The van der Waals surface area contributed by atoms with Crippen LogP contribution in [-0.2, 0) is 4.79 Å². The van der Waals surface area contributed by atoms with Gasteiger partial charge in [0, 0.05) is 23.9 Å². The lowest BCUT2D eigenvalue weighted by atomic mass is 10.1. The SMILES string of the molecule is COc1ccc(-c2nn(-c3ccccc3)cc2C=C2SC(=S)N(CC(C)C)C2=O)cc1Cl. The third kappa shape index (κ3) is 4.60. The number of amides is 1. The van der Waals surface area contributed by atoms with Gasteiger partial charge in [-0.2, -0.15) is 5.10 Å². The molecule has 0 N–H and O–H groups in total. The molecule has 2 heterocycles. The van der Waals surface area contributed by atoms with Gasteiger partial charge in [-0.1, -0.05) is 67.6 Å². The van der Waals surface area contributed by atoms with Crippen molar-refractivity contribution in [2.45, 2.75) is 13.8 Å². The summed E-state index contributed by atoms with van der Waals surface area (Å²) in [6.45, 7) is 4.74. The molecule has 1 saturated heterocycles. The normalized spacial score (nSPS) is 15.3. The number of halogens is 1. The highest BCUT2D eigenvalue weighted by atomic mass is 35.5. The van der Waals surface area contributed by atoms with E-state index in [-0.39, 0.29) is 5.91 Å². The van der Waals surface area contributed by atoms with E-state index in [0.29, 0.717) is 38.2 Å². The van der Waals surface area contributed by atoms with Gasteiger partial charge in [0.05, 0.1) is 22.7 Å². The Labute approximate surface area is 202 Å². The minimum Gasteiger partial charge on any atom is -0.495 e. The van der Waals surface area contributed by atoms with E-state index in [1.165, 1.54) is 11.8 Å². The van der Waals surface area contributed by atoms with Crippen LogP contribution in [0.15, 0.2) is 59.6 Å². The number of thioether (sulfide) groups is 1. The van der Waals surface area contributed by atoms with Gasteiger partial charge in [0.25, 0.3) is 5.91 Å². The maximum atomic E-state index is 13.0. The van der Waals surface area contributed by atoms with Gasteiger partial charge in [-0.3, -0.25) is 9.69 Å². The average molecular weight is 484 g/mol. The zero-order valence-electron chi connectivity index (χ0n) is 17.9. The zero-order valence-corrected chi connectivity index (χ0v) is 20.3. The predicted molar refractivity (Wildman–Crippen MR) is 135 cm³/mol. The van der Waals surface area contributed by atoms with E-state index in [1.54, 1.807) is 16.7 Å². The predicted octanol–water partition coefficient (Wildman–Crippen LogP) is 6.06. The number of methoxy groups -OCH3 is 1. The van der Waals surface area contributed by atoms with Crippen LogP contribution in [0, 0.1) is 5.92 Å². The first-order valence-electron chi connectivity index (χ1n) is 10.1. The number of nitrogens with zero attached hydrogens (tertiary/aromatic N) is 3. The Morgan fingerprint density at radius 2 is 1.97 bits per heavy atom. The van der Waals surface area contributed by atoms with E-state index in [9.17, 15) is 4.79 Å². The van der Waals surface area contributed by atoms with Crippen LogP contribution in [0.5, 0.6) is 5.75 Å². The summed E-state index contributed by atoms with van der Waals surface area (Å²) in [6.07, 6.45) is 3.78. The third-order valence-corrected chi connectivity index (χ3v) is 6.57. The molecule has 1 amide bonds. The third-order valence-electron chi connectivity index (χ3n) is 4.90. The lowest BCUT2D eigenvalue weighted by Gasteiger charge is -2.16. The van der Waals surface area contributed by atoms with Crippen molar-refractivity contribution in [2.24, 2.45) is 5.92 Å². The lowest BCUT2D eigenvalue weighted by Crippen LogP contribution is -2.31. The molecular weight excluding hydrogens is 462 g/mol. The molecule has 0 atom stereocenters. The zero-order chi connectivity index (χ0) is 22.8. The van der Waals surface area contributed by atoms with Crippen LogP contribution in [-0.4, -0.2) is 38.6 Å². The Balaban J connectivity index is 1.80. The van der Waals surface area contributed by atoms with Gasteiger partial charge in [-0.15, -0.1) is 0 Å². The number of hydrogen-bond donors (Lipinski definition) is 0. The Hall–Kier alpha value is -2.61. The molecule has 164 valence electrons. The molecule has 0 radical (unpaired) electrons. The minimum absolute atomic E-state index is 0.0696. The number of hydrogen-bond acceptors (Lipinski definition) is 5. The number of benzene rings is 2. The maximum Gasteiger partial charge on any atom is 0.266 e. The number of ether oxygens (including phenoxy) is 1. The fourth-order valence-corrected chi connectivity index (χ4v) is 4.93. The number of carbonyl (C=O) groups is 1. The summed E-state index contributed by atoms with van der Waals surface area (Å²) < 4.78 is 7.66. The Morgan fingerprint density at radius 3 is 2.62 bits per heavy atom. The highest BCUT2D eigenvalue weighted by Crippen LogP contribution is 2.36. The number of para-hydroxylation sites is 1. The van der Waals surface area contributed by atoms with Gasteiger partial charge >= 0.3 is 0 Å². The van der Waals surface area contributed by atoms with Crippen molar-refractivity contribution in [3.63, 3.8) is 0 Å². The summed E-state index contributed by atoms with van der Waals surface area (Å²) in [6, 6.07) is 15.4. The van der Waals surface area contributed by atoms with Gasteiger partial charge in [0.1, 0.15) is 15.8 Å². The molecule has 2 aromatic carbocycles. The van der Waals surface area contributed by atoms with Crippen molar-refractivity contribution >= 4 is 51.9 Å². The molecule has 0 bridgehead atoms. The van der Waals surface area contributed by atoms with E-state index < -0.39 is 0 Å². The monoisotopic (exact) mass is 483 g/mol. The molecule has 0 aliphatic carbocycles. The van der Waals surface area contributed by atoms with Crippen LogP contribution in [0.1, 0.15) is 19.4 Å². The van der Waals surface area contributed by atoms with Crippen LogP contribution in [0.3, 0.4) is 0 Å². The van der Waals surface area contributed by atoms with Crippen LogP contribution < -0.4 is 4.74 Å². The molecule has 3 aromatic rings. The second-order valence-corrected chi connectivity index (χ2v) is 9.83. The van der Waals surface area contributed by atoms with Gasteiger partial charge in [-0.05, 0) is 42.3 Å². The highest BCUT2D eigenvalue weighted by Gasteiger charge is 2.32. The number of rotatable bonds is 6.